The number of hydrogen-bond donors (Lipinski definition) is 1. The van der Waals surface area contributed by atoms with E-state index in [9.17, 15) is 14.4 Å². The number of amides is 3. The first-order chi connectivity index (χ1) is 19.5. The molecule has 4 aromatic carbocycles. The number of carbonyl (C=O) groups excluding carboxylic acids is 3. The molecule has 0 unspecified atom stereocenters. The third-order valence-electron chi connectivity index (χ3n) is 7.05. The van der Waals surface area contributed by atoms with E-state index in [1.807, 2.05) is 81.4 Å². The van der Waals surface area contributed by atoms with Crippen LogP contribution in [-0.4, -0.2) is 40.7 Å². The summed E-state index contributed by atoms with van der Waals surface area (Å²) in [5.41, 5.74) is 2.35. The largest absolute Gasteiger partial charge is 0.350 e. The molecule has 1 aliphatic heterocycles. The van der Waals surface area contributed by atoms with Crippen LogP contribution in [0.4, 0.5) is 5.69 Å². The standard InChI is InChI=1S/C33H31Cl2N3O3/c1-33(2,3)36-31(40)28(18-21-9-5-4-6-10-21)37(19-22-15-16-25(34)26(35)17-22)29(39)20-38-27-14-8-12-23-11-7-13-24(30(23)27)32(38)41/h4-17,28H,18-20H2,1-3H3,(H,36,40)/t28-/m0/s1. The Balaban J connectivity index is 1.53. The maximum Gasteiger partial charge on any atom is 0.259 e. The molecule has 0 saturated heterocycles. The van der Waals surface area contributed by atoms with Crippen molar-refractivity contribution < 1.29 is 14.4 Å². The molecule has 1 heterocycles. The Hall–Kier alpha value is -3.87. The van der Waals surface area contributed by atoms with Gasteiger partial charge < -0.3 is 10.2 Å². The Morgan fingerprint density at radius 2 is 1.59 bits per heavy atom. The maximum atomic E-state index is 14.3. The van der Waals surface area contributed by atoms with Gasteiger partial charge in [0.2, 0.25) is 11.8 Å². The van der Waals surface area contributed by atoms with E-state index in [2.05, 4.69) is 5.32 Å². The molecule has 0 saturated carbocycles. The van der Waals surface area contributed by atoms with E-state index in [0.29, 0.717) is 33.3 Å². The molecule has 8 heteroatoms. The summed E-state index contributed by atoms with van der Waals surface area (Å²) < 4.78 is 0. The van der Waals surface area contributed by atoms with E-state index in [1.165, 1.54) is 4.90 Å². The van der Waals surface area contributed by atoms with Crippen LogP contribution < -0.4 is 10.2 Å². The zero-order valence-electron chi connectivity index (χ0n) is 23.2. The number of benzene rings is 4. The van der Waals surface area contributed by atoms with Gasteiger partial charge in [-0.2, -0.15) is 0 Å². The van der Waals surface area contributed by atoms with Crippen molar-refractivity contribution in [3.05, 3.63) is 112 Å². The minimum atomic E-state index is -0.852. The monoisotopic (exact) mass is 587 g/mol. The zero-order chi connectivity index (χ0) is 29.3. The first-order valence-corrected chi connectivity index (χ1v) is 14.2. The van der Waals surface area contributed by atoms with Crippen LogP contribution in [0.3, 0.4) is 0 Å². The van der Waals surface area contributed by atoms with Crippen LogP contribution in [0.1, 0.15) is 42.3 Å². The lowest BCUT2D eigenvalue weighted by Gasteiger charge is -2.35. The SMILES string of the molecule is CC(C)(C)NC(=O)[C@H](Cc1ccccc1)N(Cc1ccc(Cl)c(Cl)c1)C(=O)CN1C(=O)c2cccc3cccc1c23. The Morgan fingerprint density at radius 1 is 0.878 bits per heavy atom. The van der Waals surface area contributed by atoms with Gasteiger partial charge in [0.05, 0.1) is 15.7 Å². The van der Waals surface area contributed by atoms with Crippen molar-refractivity contribution >= 4 is 57.4 Å². The number of anilines is 1. The fourth-order valence-electron chi connectivity index (χ4n) is 5.20. The molecule has 0 aromatic heterocycles. The minimum absolute atomic E-state index is 0.101. The number of halogens is 2. The van der Waals surface area contributed by atoms with Crippen molar-refractivity contribution in [2.24, 2.45) is 0 Å². The number of carbonyl (C=O) groups is 3. The average molecular weight is 589 g/mol. The average Bonchev–Trinajstić information content (AvgIpc) is 3.20. The Morgan fingerprint density at radius 3 is 2.27 bits per heavy atom. The van der Waals surface area contributed by atoms with Crippen LogP contribution >= 0.6 is 23.2 Å². The van der Waals surface area contributed by atoms with Crippen LogP contribution in [0, 0.1) is 0 Å². The van der Waals surface area contributed by atoms with Crippen molar-refractivity contribution in [2.45, 2.75) is 45.3 Å². The second-order valence-corrected chi connectivity index (χ2v) is 12.1. The molecule has 1 N–H and O–H groups in total. The van der Waals surface area contributed by atoms with E-state index in [4.69, 9.17) is 23.2 Å². The smallest absolute Gasteiger partial charge is 0.259 e. The van der Waals surface area contributed by atoms with Crippen molar-refractivity contribution in [1.29, 1.82) is 0 Å². The van der Waals surface area contributed by atoms with Gasteiger partial charge >= 0.3 is 0 Å². The van der Waals surface area contributed by atoms with Crippen molar-refractivity contribution in [2.75, 3.05) is 11.4 Å². The molecule has 6 nitrogen and oxygen atoms in total. The zero-order valence-corrected chi connectivity index (χ0v) is 24.7. The summed E-state index contributed by atoms with van der Waals surface area (Å²) in [6.45, 7) is 5.58. The summed E-state index contributed by atoms with van der Waals surface area (Å²) in [6, 6.07) is 25.1. The van der Waals surface area contributed by atoms with Crippen LogP contribution in [-0.2, 0) is 22.6 Å². The molecule has 210 valence electrons. The Kier molecular flexibility index (Phi) is 8.07. The van der Waals surface area contributed by atoms with Gasteiger partial charge in [-0.3, -0.25) is 19.3 Å². The fraction of sp³-hybridized carbons (Fsp3) is 0.242. The van der Waals surface area contributed by atoms with E-state index in [1.54, 1.807) is 29.2 Å². The Labute approximate surface area is 249 Å². The summed E-state index contributed by atoms with van der Waals surface area (Å²) in [5, 5.41) is 5.57. The third kappa shape index (κ3) is 6.24. The van der Waals surface area contributed by atoms with Gasteiger partial charge in [0.1, 0.15) is 12.6 Å². The summed E-state index contributed by atoms with van der Waals surface area (Å²) in [6.07, 6.45) is 0.291. The fourth-order valence-corrected chi connectivity index (χ4v) is 5.52. The van der Waals surface area contributed by atoms with E-state index in [0.717, 1.165) is 16.3 Å². The van der Waals surface area contributed by atoms with Crippen molar-refractivity contribution in [1.82, 2.24) is 10.2 Å². The molecule has 5 rings (SSSR count). The molecule has 4 aromatic rings. The third-order valence-corrected chi connectivity index (χ3v) is 7.79. The van der Waals surface area contributed by atoms with Crippen LogP contribution in [0.15, 0.2) is 84.9 Å². The molecule has 0 bridgehead atoms. The number of rotatable bonds is 8. The molecular weight excluding hydrogens is 557 g/mol. The lowest BCUT2D eigenvalue weighted by atomic mass is 10.0. The van der Waals surface area contributed by atoms with E-state index >= 15 is 0 Å². The predicted molar refractivity (Wildman–Crippen MR) is 164 cm³/mol. The normalized spacial score (nSPS) is 13.4. The molecule has 0 aliphatic carbocycles. The first-order valence-electron chi connectivity index (χ1n) is 13.4. The highest BCUT2D eigenvalue weighted by Gasteiger charge is 2.36. The molecule has 41 heavy (non-hydrogen) atoms. The molecule has 0 fully saturated rings. The number of nitrogens with zero attached hydrogens (tertiary/aromatic N) is 2. The lowest BCUT2D eigenvalue weighted by Crippen LogP contribution is -2.56. The summed E-state index contributed by atoms with van der Waals surface area (Å²) in [7, 11) is 0. The highest BCUT2D eigenvalue weighted by molar-refractivity contribution is 6.42. The second kappa shape index (κ2) is 11.6. The highest BCUT2D eigenvalue weighted by Crippen LogP contribution is 2.37. The van der Waals surface area contributed by atoms with E-state index < -0.39 is 11.6 Å². The first kappa shape index (κ1) is 28.7. The van der Waals surface area contributed by atoms with Crippen LogP contribution in [0.2, 0.25) is 10.0 Å². The van der Waals surface area contributed by atoms with Crippen molar-refractivity contribution in [3.8, 4) is 0 Å². The molecule has 1 atom stereocenters. The number of nitrogens with one attached hydrogen (secondary N) is 1. The predicted octanol–water partition coefficient (Wildman–Crippen LogP) is 6.66. The van der Waals surface area contributed by atoms with Crippen LogP contribution in [0.5, 0.6) is 0 Å². The minimum Gasteiger partial charge on any atom is -0.350 e. The van der Waals surface area contributed by atoms with Gasteiger partial charge in [0.15, 0.2) is 0 Å². The van der Waals surface area contributed by atoms with Gasteiger partial charge in [-0.1, -0.05) is 83.9 Å². The highest BCUT2D eigenvalue weighted by atomic mass is 35.5. The molecule has 0 spiro atoms. The molecule has 3 amide bonds. The number of hydrogen-bond acceptors (Lipinski definition) is 3. The molecular formula is C33H31Cl2N3O3. The Bertz CT molecular complexity index is 1630. The second-order valence-electron chi connectivity index (χ2n) is 11.3. The van der Waals surface area contributed by atoms with Gasteiger partial charge in [-0.05, 0) is 61.5 Å². The van der Waals surface area contributed by atoms with E-state index in [-0.39, 0.29) is 30.8 Å². The van der Waals surface area contributed by atoms with Gasteiger partial charge in [-0.15, -0.1) is 0 Å². The summed E-state index contributed by atoms with van der Waals surface area (Å²) >= 11 is 12.5. The van der Waals surface area contributed by atoms with Crippen LogP contribution in [0.25, 0.3) is 10.8 Å². The topological polar surface area (TPSA) is 69.7 Å². The molecule has 1 aliphatic rings. The van der Waals surface area contributed by atoms with Crippen molar-refractivity contribution in [3.63, 3.8) is 0 Å². The van der Waals surface area contributed by atoms with Gasteiger partial charge in [-0.25, -0.2) is 0 Å². The molecule has 0 radical (unpaired) electrons. The van der Waals surface area contributed by atoms with Gasteiger partial charge in [0, 0.05) is 29.5 Å². The lowest BCUT2D eigenvalue weighted by molar-refractivity contribution is -0.140. The summed E-state index contributed by atoms with van der Waals surface area (Å²) in [4.78, 5) is 44.6. The van der Waals surface area contributed by atoms with Gasteiger partial charge in [0.25, 0.3) is 5.91 Å². The maximum absolute atomic E-state index is 14.3. The quantitative estimate of drug-likeness (QED) is 0.250. The summed E-state index contributed by atoms with van der Waals surface area (Å²) in [5.74, 6) is -0.884.